The number of likely N-dealkylation sites (N-methyl/N-ethyl adjacent to an activating group) is 1. The Bertz CT molecular complexity index is 848. The number of allylic oxidation sites excluding steroid dienone is 1. The van der Waals surface area contributed by atoms with Crippen molar-refractivity contribution < 1.29 is 9.53 Å². The van der Waals surface area contributed by atoms with Crippen LogP contribution < -0.4 is 4.90 Å². The summed E-state index contributed by atoms with van der Waals surface area (Å²) >= 11 is 0. The van der Waals surface area contributed by atoms with E-state index in [-0.39, 0.29) is 17.5 Å². The van der Waals surface area contributed by atoms with Gasteiger partial charge in [0.25, 0.3) is 0 Å². The van der Waals surface area contributed by atoms with Gasteiger partial charge in [0, 0.05) is 44.2 Å². The lowest BCUT2D eigenvalue weighted by Gasteiger charge is -2.58. The van der Waals surface area contributed by atoms with Crippen molar-refractivity contribution in [3.05, 3.63) is 41.5 Å². The molecule has 1 spiro atoms. The number of fused-ring (bicyclic) bond motifs is 2. The predicted octanol–water partition coefficient (Wildman–Crippen LogP) is 2.73. The van der Waals surface area contributed by atoms with Gasteiger partial charge in [-0.05, 0) is 37.3 Å². The fourth-order valence-corrected chi connectivity index (χ4v) is 7.68. The highest BCUT2D eigenvalue weighted by atomic mass is 16.5. The molecule has 5 aliphatic heterocycles. The van der Waals surface area contributed by atoms with Gasteiger partial charge in [0.2, 0.25) is 0 Å². The Balaban J connectivity index is 1.61. The minimum atomic E-state index is -0.126. The van der Waals surface area contributed by atoms with Gasteiger partial charge in [-0.1, -0.05) is 29.8 Å². The smallest absolute Gasteiger partial charge is 0.302 e. The summed E-state index contributed by atoms with van der Waals surface area (Å²) in [6.45, 7) is 4.86. The maximum absolute atomic E-state index is 12.1. The topological polar surface area (TPSA) is 32.8 Å². The van der Waals surface area contributed by atoms with Gasteiger partial charge in [-0.15, -0.1) is 0 Å². The van der Waals surface area contributed by atoms with E-state index in [0.29, 0.717) is 30.0 Å². The summed E-state index contributed by atoms with van der Waals surface area (Å²) in [5, 5.41) is 0. The van der Waals surface area contributed by atoms with E-state index in [0.717, 1.165) is 13.0 Å². The average molecular weight is 350 g/mol. The first-order valence-electron chi connectivity index (χ1n) is 9.98. The number of benzene rings is 1. The molecule has 0 aromatic heterocycles. The zero-order valence-electron chi connectivity index (χ0n) is 15.7. The average Bonchev–Trinajstić information content (AvgIpc) is 3.04. The first kappa shape index (κ1) is 15.3. The number of rotatable bonds is 1. The number of nitrogens with zero attached hydrogens (tertiary/aromatic N) is 2. The van der Waals surface area contributed by atoms with Crippen molar-refractivity contribution >= 4 is 11.7 Å². The normalized spacial score (nSPS) is 48.0. The minimum absolute atomic E-state index is 0.00338. The number of carbonyl (C=O) groups excluding carboxylic acids is 1. The summed E-state index contributed by atoms with van der Waals surface area (Å²) in [7, 11) is 2.25. The summed E-state index contributed by atoms with van der Waals surface area (Å²) in [6, 6.07) is 10.4. The molecule has 1 saturated carbocycles. The fraction of sp³-hybridized carbons (Fsp3) is 0.591. The van der Waals surface area contributed by atoms with E-state index < -0.39 is 0 Å². The quantitative estimate of drug-likeness (QED) is 0.576. The molecule has 26 heavy (non-hydrogen) atoms. The van der Waals surface area contributed by atoms with Crippen molar-refractivity contribution in [3.8, 4) is 0 Å². The highest BCUT2D eigenvalue weighted by Gasteiger charge is 2.75. The summed E-state index contributed by atoms with van der Waals surface area (Å²) in [4.78, 5) is 17.4. The molecule has 0 radical (unpaired) electrons. The molecule has 1 aromatic carbocycles. The van der Waals surface area contributed by atoms with Crippen LogP contribution in [-0.2, 0) is 14.9 Å². The SMILES string of the molecule is C/C=C1/CN2[C@H]3C[C@@]45c6ccccc6N(C)[C@H]4[C@@H]2C[C@@H]1[C@@H]3[C@H]5OC(C)=O. The maximum Gasteiger partial charge on any atom is 0.302 e. The van der Waals surface area contributed by atoms with Crippen molar-refractivity contribution in [2.75, 3.05) is 18.5 Å². The maximum atomic E-state index is 12.1. The van der Waals surface area contributed by atoms with Crippen molar-refractivity contribution in [1.82, 2.24) is 4.90 Å². The fourth-order valence-electron chi connectivity index (χ4n) is 7.68. The molecule has 4 nitrogen and oxygen atoms in total. The van der Waals surface area contributed by atoms with Crippen LogP contribution in [0.1, 0.15) is 32.3 Å². The number of carbonyl (C=O) groups is 1. The van der Waals surface area contributed by atoms with E-state index in [1.54, 1.807) is 12.5 Å². The number of para-hydroxylation sites is 1. The molecule has 5 fully saturated rings. The van der Waals surface area contributed by atoms with E-state index in [1.165, 1.54) is 17.7 Å². The molecular weight excluding hydrogens is 324 g/mol. The number of esters is 1. The molecule has 1 aromatic rings. The molecule has 4 heteroatoms. The van der Waals surface area contributed by atoms with Crippen LogP contribution in [0.15, 0.2) is 35.9 Å². The molecule has 136 valence electrons. The zero-order valence-corrected chi connectivity index (χ0v) is 15.7. The molecule has 1 unspecified atom stereocenters. The lowest BCUT2D eigenvalue weighted by atomic mass is 9.65. The van der Waals surface area contributed by atoms with Gasteiger partial charge in [0.05, 0.1) is 11.5 Å². The number of ether oxygens (including phenoxy) is 1. The summed E-state index contributed by atoms with van der Waals surface area (Å²) in [5.41, 5.74) is 4.28. The van der Waals surface area contributed by atoms with Crippen LogP contribution in [0.5, 0.6) is 0 Å². The molecule has 4 saturated heterocycles. The highest BCUT2D eigenvalue weighted by Crippen LogP contribution is 2.68. The number of anilines is 1. The third-order valence-electron chi connectivity index (χ3n) is 8.26. The van der Waals surface area contributed by atoms with Crippen LogP contribution in [0.25, 0.3) is 0 Å². The molecule has 1 aliphatic carbocycles. The lowest BCUT2D eigenvalue weighted by molar-refractivity contribution is -0.152. The molecule has 0 N–H and O–H groups in total. The lowest BCUT2D eigenvalue weighted by Crippen LogP contribution is -2.68. The number of hydrogen-bond acceptors (Lipinski definition) is 4. The largest absolute Gasteiger partial charge is 0.461 e. The van der Waals surface area contributed by atoms with Crippen LogP contribution in [0.3, 0.4) is 0 Å². The minimum Gasteiger partial charge on any atom is -0.461 e. The van der Waals surface area contributed by atoms with Crippen LogP contribution in [0, 0.1) is 11.8 Å². The summed E-state index contributed by atoms with van der Waals surface area (Å²) in [6.07, 6.45) is 4.66. The molecule has 6 aliphatic rings. The monoisotopic (exact) mass is 350 g/mol. The van der Waals surface area contributed by atoms with Crippen molar-refractivity contribution in [1.29, 1.82) is 0 Å². The van der Waals surface area contributed by atoms with Gasteiger partial charge < -0.3 is 9.64 Å². The zero-order chi connectivity index (χ0) is 17.8. The molecule has 5 bridgehead atoms. The second kappa shape index (κ2) is 4.72. The van der Waals surface area contributed by atoms with Gasteiger partial charge in [-0.25, -0.2) is 0 Å². The highest BCUT2D eigenvalue weighted by molar-refractivity contribution is 5.70. The van der Waals surface area contributed by atoms with Crippen LogP contribution in [0.2, 0.25) is 0 Å². The van der Waals surface area contributed by atoms with Crippen molar-refractivity contribution in [3.63, 3.8) is 0 Å². The van der Waals surface area contributed by atoms with Gasteiger partial charge in [-0.2, -0.15) is 0 Å². The number of hydrogen-bond donors (Lipinski definition) is 0. The van der Waals surface area contributed by atoms with E-state index >= 15 is 0 Å². The van der Waals surface area contributed by atoms with E-state index in [4.69, 9.17) is 4.74 Å². The molecule has 5 heterocycles. The number of piperidine rings is 4. The Morgan fingerprint density at radius 2 is 2.12 bits per heavy atom. The second-order valence-corrected chi connectivity index (χ2v) is 8.94. The Kier molecular flexibility index (Phi) is 2.77. The third-order valence-corrected chi connectivity index (χ3v) is 8.26. The van der Waals surface area contributed by atoms with Gasteiger partial charge in [-0.3, -0.25) is 9.69 Å². The Hall–Kier alpha value is -1.81. The second-order valence-electron chi connectivity index (χ2n) is 8.94. The first-order valence-corrected chi connectivity index (χ1v) is 9.98. The predicted molar refractivity (Wildman–Crippen MR) is 100 cm³/mol. The first-order chi connectivity index (χ1) is 12.6. The van der Waals surface area contributed by atoms with Crippen LogP contribution in [0.4, 0.5) is 5.69 Å². The molecule has 7 rings (SSSR count). The van der Waals surface area contributed by atoms with Crippen molar-refractivity contribution in [2.45, 2.75) is 56.3 Å². The van der Waals surface area contributed by atoms with Gasteiger partial charge in [0.15, 0.2) is 0 Å². The summed E-state index contributed by atoms with van der Waals surface area (Å²) < 4.78 is 6.19. The van der Waals surface area contributed by atoms with Gasteiger partial charge >= 0.3 is 5.97 Å². The summed E-state index contributed by atoms with van der Waals surface area (Å²) in [5.74, 6) is 0.897. The van der Waals surface area contributed by atoms with Crippen LogP contribution in [-0.4, -0.2) is 48.7 Å². The van der Waals surface area contributed by atoms with Gasteiger partial charge in [0.1, 0.15) is 6.10 Å². The Morgan fingerprint density at radius 1 is 1.31 bits per heavy atom. The van der Waals surface area contributed by atoms with Crippen LogP contribution >= 0.6 is 0 Å². The Labute approximate surface area is 154 Å². The van der Waals surface area contributed by atoms with E-state index in [2.05, 4.69) is 54.1 Å². The van der Waals surface area contributed by atoms with Crippen molar-refractivity contribution in [2.24, 2.45) is 11.8 Å². The van der Waals surface area contributed by atoms with E-state index in [1.807, 2.05) is 0 Å². The molecule has 0 amide bonds. The third kappa shape index (κ3) is 1.47. The molecular formula is C22H26N2O2. The standard InChI is InChI=1S/C22H26N2O2/c1-4-13-11-24-17-9-14(13)19-18(24)10-22(21(19)26-12(2)25)15-7-5-6-8-16(15)23(3)20(17)22/h4-8,14,17-21H,9-11H2,1-3H3/b13-4-/t14-,17-,18-,19-,20-,21+,22+/m0/s1. The Morgan fingerprint density at radius 3 is 2.88 bits per heavy atom. The van der Waals surface area contributed by atoms with E-state index in [9.17, 15) is 4.79 Å². The molecule has 8 atom stereocenters.